The monoisotopic (exact) mass is 463 g/mol. The van der Waals surface area contributed by atoms with Gasteiger partial charge in [-0.05, 0) is 49.6 Å². The van der Waals surface area contributed by atoms with Crippen molar-refractivity contribution in [3.05, 3.63) is 80.2 Å². The van der Waals surface area contributed by atoms with Gasteiger partial charge in [0.2, 0.25) is 9.84 Å². The van der Waals surface area contributed by atoms with Gasteiger partial charge in [0.1, 0.15) is 0 Å². The van der Waals surface area contributed by atoms with Crippen molar-refractivity contribution in [2.45, 2.75) is 24.7 Å². The zero-order chi connectivity index (χ0) is 21.3. The molecule has 0 aromatic heterocycles. The topological polar surface area (TPSA) is 46.6 Å². The Balaban J connectivity index is 2.00. The van der Waals surface area contributed by atoms with Crippen LogP contribution < -0.4 is 0 Å². The molecule has 2 aromatic rings. The minimum absolute atomic E-state index is 0.0969. The quantitative estimate of drug-likeness (QED) is 0.620. The number of nitrogens with zero attached hydrogens (tertiary/aromatic N) is 1. The summed E-state index contributed by atoms with van der Waals surface area (Å²) in [4.78, 5) is 2.49. The number of allylic oxidation sites excluding steroid dienone is 2. The molecule has 0 saturated carbocycles. The van der Waals surface area contributed by atoms with E-state index < -0.39 is 9.84 Å². The molecule has 1 fully saturated rings. The third kappa shape index (κ3) is 4.30. The first kappa shape index (κ1) is 21.4. The number of fused-ring (bicyclic) bond motifs is 1. The van der Waals surface area contributed by atoms with E-state index in [-0.39, 0.29) is 9.80 Å². The standard InChI is InChI=1S/C23H23Cl2NO3S/c1-16-6-7-21-17(12-16)4-2-3-5-22(23(21)26-8-10-29-11-9-26)30(27,28)20-14-18(24)13-19(25)15-20/h3,5-7,12-15H,2,4,8-11H2,1H3/b5-3+,23-22-. The minimum Gasteiger partial charge on any atom is -0.378 e. The van der Waals surface area contributed by atoms with Crippen LogP contribution in [0.3, 0.4) is 0 Å². The summed E-state index contributed by atoms with van der Waals surface area (Å²) in [5.74, 6) is 0. The highest BCUT2D eigenvalue weighted by Gasteiger charge is 2.30. The number of benzene rings is 2. The maximum Gasteiger partial charge on any atom is 0.208 e. The third-order valence-electron chi connectivity index (χ3n) is 5.36. The molecule has 0 bridgehead atoms. The van der Waals surface area contributed by atoms with Crippen LogP contribution >= 0.6 is 23.2 Å². The van der Waals surface area contributed by atoms with Gasteiger partial charge in [0, 0.05) is 28.7 Å². The molecule has 0 atom stereocenters. The fourth-order valence-electron chi connectivity index (χ4n) is 3.94. The number of rotatable bonds is 3. The first-order valence-electron chi connectivity index (χ1n) is 9.91. The van der Waals surface area contributed by atoms with Crippen LogP contribution in [0.1, 0.15) is 23.1 Å². The zero-order valence-corrected chi connectivity index (χ0v) is 19.0. The predicted molar refractivity (Wildman–Crippen MR) is 122 cm³/mol. The fourth-order valence-corrected chi connectivity index (χ4v) is 6.18. The highest BCUT2D eigenvalue weighted by molar-refractivity contribution is 7.95. The molecule has 1 heterocycles. The van der Waals surface area contributed by atoms with Gasteiger partial charge in [-0.2, -0.15) is 0 Å². The van der Waals surface area contributed by atoms with E-state index >= 15 is 0 Å². The van der Waals surface area contributed by atoms with E-state index in [0.717, 1.165) is 35.2 Å². The average molecular weight is 464 g/mol. The molecule has 0 spiro atoms. The van der Waals surface area contributed by atoms with Gasteiger partial charge >= 0.3 is 0 Å². The number of hydrogen-bond acceptors (Lipinski definition) is 4. The van der Waals surface area contributed by atoms with Crippen LogP contribution in [0, 0.1) is 6.92 Å². The lowest BCUT2D eigenvalue weighted by atomic mass is 9.95. The summed E-state index contributed by atoms with van der Waals surface area (Å²) in [5, 5.41) is 0.584. The molecule has 0 N–H and O–H groups in total. The number of halogens is 2. The van der Waals surface area contributed by atoms with E-state index in [4.69, 9.17) is 27.9 Å². The smallest absolute Gasteiger partial charge is 0.208 e. The van der Waals surface area contributed by atoms with Gasteiger partial charge in [0.15, 0.2) is 0 Å². The Bertz CT molecular complexity index is 1110. The van der Waals surface area contributed by atoms with E-state index in [1.165, 1.54) is 18.2 Å². The summed E-state index contributed by atoms with van der Waals surface area (Å²) in [6.45, 7) is 4.44. The van der Waals surface area contributed by atoms with Crippen LogP contribution in [0.5, 0.6) is 0 Å². The number of hydrogen-bond donors (Lipinski definition) is 0. The molecule has 0 unspecified atom stereocenters. The van der Waals surface area contributed by atoms with E-state index in [2.05, 4.69) is 17.9 Å². The van der Waals surface area contributed by atoms with Crippen molar-refractivity contribution in [2.24, 2.45) is 0 Å². The van der Waals surface area contributed by atoms with Crippen molar-refractivity contribution in [2.75, 3.05) is 26.3 Å². The Labute approximate surface area is 187 Å². The Morgan fingerprint density at radius 3 is 2.40 bits per heavy atom. The van der Waals surface area contributed by atoms with Gasteiger partial charge < -0.3 is 9.64 Å². The van der Waals surface area contributed by atoms with Crippen molar-refractivity contribution in [1.82, 2.24) is 4.90 Å². The molecule has 4 nitrogen and oxygen atoms in total. The van der Waals surface area contributed by atoms with Gasteiger partial charge in [-0.15, -0.1) is 0 Å². The second-order valence-electron chi connectivity index (χ2n) is 7.52. The fraction of sp³-hybridized carbons (Fsp3) is 0.304. The van der Waals surface area contributed by atoms with Crippen LogP contribution in [0.25, 0.3) is 5.70 Å². The SMILES string of the molecule is Cc1ccc2c(c1)CC/C=C/C(S(=O)(=O)c1cc(Cl)cc(Cl)c1)=C\2N1CCOCC1. The van der Waals surface area contributed by atoms with E-state index in [1.54, 1.807) is 6.08 Å². The first-order valence-corrected chi connectivity index (χ1v) is 12.1. The predicted octanol–water partition coefficient (Wildman–Crippen LogP) is 5.28. The number of aryl methyl sites for hydroxylation is 2. The first-order chi connectivity index (χ1) is 14.4. The van der Waals surface area contributed by atoms with Gasteiger partial charge in [-0.3, -0.25) is 0 Å². The van der Waals surface area contributed by atoms with Gasteiger partial charge in [0.05, 0.1) is 28.7 Å². The molecule has 2 aliphatic rings. The maximum atomic E-state index is 13.8. The molecule has 0 radical (unpaired) electrons. The van der Waals surface area contributed by atoms with Crippen LogP contribution in [0.15, 0.2) is 58.4 Å². The van der Waals surface area contributed by atoms with Crippen molar-refractivity contribution < 1.29 is 13.2 Å². The normalized spacial score (nSPS) is 21.0. The summed E-state index contributed by atoms with van der Waals surface area (Å²) in [6.07, 6.45) is 5.29. The molecular weight excluding hydrogens is 441 g/mol. The highest BCUT2D eigenvalue weighted by Crippen LogP contribution is 2.36. The molecule has 4 rings (SSSR count). The largest absolute Gasteiger partial charge is 0.378 e. The Hall–Kier alpha value is -1.79. The zero-order valence-electron chi connectivity index (χ0n) is 16.7. The number of morpholine rings is 1. The molecule has 0 amide bonds. The summed E-state index contributed by atoms with van der Waals surface area (Å²) in [5.41, 5.74) is 3.99. The maximum absolute atomic E-state index is 13.8. The van der Waals surface area contributed by atoms with Crippen LogP contribution in [-0.4, -0.2) is 39.6 Å². The van der Waals surface area contributed by atoms with E-state index in [1.807, 2.05) is 18.2 Å². The second-order valence-corrected chi connectivity index (χ2v) is 10.3. The van der Waals surface area contributed by atoms with Crippen molar-refractivity contribution >= 4 is 38.7 Å². The summed E-state index contributed by atoms with van der Waals surface area (Å²) >= 11 is 12.3. The second kappa shape index (κ2) is 8.75. The van der Waals surface area contributed by atoms with Gasteiger partial charge in [-0.1, -0.05) is 53.0 Å². The lowest BCUT2D eigenvalue weighted by Crippen LogP contribution is -2.36. The number of ether oxygens (including phenoxy) is 1. The van der Waals surface area contributed by atoms with Crippen LogP contribution in [0.4, 0.5) is 0 Å². The summed E-state index contributed by atoms with van der Waals surface area (Å²) in [7, 11) is -3.86. The average Bonchev–Trinajstić information content (AvgIpc) is 2.69. The van der Waals surface area contributed by atoms with Crippen molar-refractivity contribution in [3.8, 4) is 0 Å². The summed E-state index contributed by atoms with van der Waals surface area (Å²) < 4.78 is 33.1. The molecule has 7 heteroatoms. The lowest BCUT2D eigenvalue weighted by molar-refractivity contribution is 0.0638. The van der Waals surface area contributed by atoms with Crippen molar-refractivity contribution in [3.63, 3.8) is 0 Å². The molecule has 2 aromatic carbocycles. The molecule has 30 heavy (non-hydrogen) atoms. The van der Waals surface area contributed by atoms with Gasteiger partial charge in [0.25, 0.3) is 0 Å². The van der Waals surface area contributed by atoms with E-state index in [9.17, 15) is 8.42 Å². The van der Waals surface area contributed by atoms with Crippen LogP contribution in [0.2, 0.25) is 10.0 Å². The summed E-state index contributed by atoms with van der Waals surface area (Å²) in [6, 6.07) is 10.7. The molecule has 158 valence electrons. The van der Waals surface area contributed by atoms with Gasteiger partial charge in [-0.25, -0.2) is 8.42 Å². The van der Waals surface area contributed by atoms with Crippen molar-refractivity contribution in [1.29, 1.82) is 0 Å². The molecule has 1 aliphatic carbocycles. The van der Waals surface area contributed by atoms with E-state index in [0.29, 0.717) is 36.3 Å². The highest BCUT2D eigenvalue weighted by atomic mass is 35.5. The molecule has 1 saturated heterocycles. The lowest BCUT2D eigenvalue weighted by Gasteiger charge is -2.34. The molecule has 1 aliphatic heterocycles. The Morgan fingerprint density at radius 2 is 1.70 bits per heavy atom. The third-order valence-corrected chi connectivity index (χ3v) is 7.56. The Morgan fingerprint density at radius 1 is 1.00 bits per heavy atom. The minimum atomic E-state index is -3.86. The van der Waals surface area contributed by atoms with Crippen LogP contribution in [-0.2, 0) is 21.0 Å². The number of sulfone groups is 1. The molecular formula is C23H23Cl2NO3S. The Kier molecular flexibility index (Phi) is 6.26.